The molecule has 1 fully saturated rings. The number of carboxylic acid groups (broad SMARTS) is 1. The standard InChI is InChI=1S/C18H24N2O5/c1-11(21)19-13-7-5-12(6-8-13)14-9-20(10-15(14)16(22)23)17(24)25-18(2,3)4/h5-8,14-15H,9-10H2,1-4H3,(H,19,21)(H,22,23)/t14-,15+/m0/s1. The maximum absolute atomic E-state index is 12.2. The van der Waals surface area contributed by atoms with Gasteiger partial charge >= 0.3 is 12.1 Å². The smallest absolute Gasteiger partial charge is 0.410 e. The highest BCUT2D eigenvalue weighted by Gasteiger charge is 2.41. The van der Waals surface area contributed by atoms with E-state index in [4.69, 9.17) is 4.74 Å². The lowest BCUT2D eigenvalue weighted by Crippen LogP contribution is -2.35. The fraction of sp³-hybridized carbons (Fsp3) is 0.500. The highest BCUT2D eigenvalue weighted by Crippen LogP contribution is 2.34. The Balaban J connectivity index is 2.16. The van der Waals surface area contributed by atoms with Gasteiger partial charge in [-0.2, -0.15) is 0 Å². The number of nitrogens with zero attached hydrogens (tertiary/aromatic N) is 1. The van der Waals surface area contributed by atoms with Crippen molar-refractivity contribution >= 4 is 23.7 Å². The van der Waals surface area contributed by atoms with E-state index in [0.29, 0.717) is 5.69 Å². The van der Waals surface area contributed by atoms with Crippen molar-refractivity contribution in [2.45, 2.75) is 39.2 Å². The number of benzene rings is 1. The molecule has 1 aromatic rings. The van der Waals surface area contributed by atoms with Gasteiger partial charge < -0.3 is 20.1 Å². The third kappa shape index (κ3) is 4.95. The number of hydrogen-bond acceptors (Lipinski definition) is 4. The molecule has 0 unspecified atom stereocenters. The summed E-state index contributed by atoms with van der Waals surface area (Å²) >= 11 is 0. The predicted octanol–water partition coefficient (Wildman–Crippen LogP) is 2.68. The summed E-state index contributed by atoms with van der Waals surface area (Å²) < 4.78 is 5.34. The molecule has 1 aromatic carbocycles. The molecule has 7 nitrogen and oxygen atoms in total. The van der Waals surface area contributed by atoms with Gasteiger partial charge in [-0.1, -0.05) is 12.1 Å². The van der Waals surface area contributed by atoms with Crippen molar-refractivity contribution in [2.75, 3.05) is 18.4 Å². The van der Waals surface area contributed by atoms with Gasteiger partial charge in [0.25, 0.3) is 0 Å². The fourth-order valence-electron chi connectivity index (χ4n) is 2.88. The van der Waals surface area contributed by atoms with Crippen molar-refractivity contribution in [3.8, 4) is 0 Å². The number of hydrogen-bond donors (Lipinski definition) is 2. The molecule has 25 heavy (non-hydrogen) atoms. The molecule has 1 heterocycles. The summed E-state index contributed by atoms with van der Waals surface area (Å²) in [5, 5.41) is 12.2. The number of likely N-dealkylation sites (tertiary alicyclic amines) is 1. The van der Waals surface area contributed by atoms with Crippen LogP contribution in [-0.2, 0) is 14.3 Å². The summed E-state index contributed by atoms with van der Waals surface area (Å²) in [6.45, 7) is 7.13. The first-order chi connectivity index (χ1) is 11.6. The minimum Gasteiger partial charge on any atom is -0.481 e. The number of rotatable bonds is 3. The van der Waals surface area contributed by atoms with E-state index in [0.717, 1.165) is 5.56 Å². The second kappa shape index (κ2) is 7.13. The maximum atomic E-state index is 12.2. The Hall–Kier alpha value is -2.57. The van der Waals surface area contributed by atoms with Crippen LogP contribution in [0.15, 0.2) is 24.3 Å². The Bertz CT molecular complexity index is 663. The normalized spacial score (nSPS) is 20.2. The fourth-order valence-corrected chi connectivity index (χ4v) is 2.88. The number of carbonyl (C=O) groups excluding carboxylic acids is 2. The van der Waals surface area contributed by atoms with Gasteiger partial charge in [0.2, 0.25) is 5.91 Å². The number of carbonyl (C=O) groups is 3. The zero-order valence-corrected chi connectivity index (χ0v) is 14.9. The van der Waals surface area contributed by atoms with E-state index in [1.807, 2.05) is 0 Å². The SMILES string of the molecule is CC(=O)Nc1ccc([C@@H]2CN(C(=O)OC(C)(C)C)C[C@H]2C(=O)O)cc1. The molecule has 2 rings (SSSR count). The first-order valence-electron chi connectivity index (χ1n) is 8.15. The molecule has 136 valence electrons. The molecule has 0 radical (unpaired) electrons. The topological polar surface area (TPSA) is 95.9 Å². The molecular weight excluding hydrogens is 324 g/mol. The highest BCUT2D eigenvalue weighted by atomic mass is 16.6. The Morgan fingerprint density at radius 2 is 1.76 bits per heavy atom. The van der Waals surface area contributed by atoms with Crippen molar-refractivity contribution in [2.24, 2.45) is 5.92 Å². The van der Waals surface area contributed by atoms with E-state index in [1.54, 1.807) is 45.0 Å². The lowest BCUT2D eigenvalue weighted by Gasteiger charge is -2.24. The molecule has 2 atom stereocenters. The average Bonchev–Trinajstić information content (AvgIpc) is 2.91. The lowest BCUT2D eigenvalue weighted by molar-refractivity contribution is -0.141. The van der Waals surface area contributed by atoms with E-state index in [2.05, 4.69) is 5.32 Å². The molecule has 0 spiro atoms. The predicted molar refractivity (Wildman–Crippen MR) is 92.4 cm³/mol. The molecule has 0 aliphatic carbocycles. The first-order valence-corrected chi connectivity index (χ1v) is 8.15. The van der Waals surface area contributed by atoms with Gasteiger partial charge in [0.15, 0.2) is 0 Å². The van der Waals surface area contributed by atoms with E-state index in [9.17, 15) is 19.5 Å². The average molecular weight is 348 g/mol. The lowest BCUT2D eigenvalue weighted by atomic mass is 9.89. The minimum absolute atomic E-state index is 0.113. The van der Waals surface area contributed by atoms with Gasteiger partial charge in [0, 0.05) is 31.6 Å². The van der Waals surface area contributed by atoms with Crippen molar-refractivity contribution < 1.29 is 24.2 Å². The summed E-state index contributed by atoms with van der Waals surface area (Å²) in [6, 6.07) is 7.02. The second-order valence-corrected chi connectivity index (χ2v) is 7.24. The van der Waals surface area contributed by atoms with Crippen LogP contribution in [-0.4, -0.2) is 46.7 Å². The maximum Gasteiger partial charge on any atom is 0.410 e. The number of anilines is 1. The molecule has 7 heteroatoms. The molecule has 1 saturated heterocycles. The monoisotopic (exact) mass is 348 g/mol. The van der Waals surface area contributed by atoms with Crippen molar-refractivity contribution in [1.82, 2.24) is 4.90 Å². The molecular formula is C18H24N2O5. The first kappa shape index (κ1) is 18.8. The van der Waals surface area contributed by atoms with Crippen LogP contribution in [0.1, 0.15) is 39.2 Å². The van der Waals surface area contributed by atoms with Gasteiger partial charge in [-0.25, -0.2) is 4.79 Å². The number of ether oxygens (including phenoxy) is 1. The number of amides is 2. The molecule has 2 amide bonds. The summed E-state index contributed by atoms with van der Waals surface area (Å²) in [7, 11) is 0. The van der Waals surface area contributed by atoms with Crippen molar-refractivity contribution in [3.05, 3.63) is 29.8 Å². The van der Waals surface area contributed by atoms with Crippen LogP contribution in [0.2, 0.25) is 0 Å². The highest BCUT2D eigenvalue weighted by molar-refractivity contribution is 5.88. The number of nitrogens with one attached hydrogen (secondary N) is 1. The van der Waals surface area contributed by atoms with Crippen LogP contribution in [0.5, 0.6) is 0 Å². The quantitative estimate of drug-likeness (QED) is 0.875. The van der Waals surface area contributed by atoms with Gasteiger partial charge in [-0.05, 0) is 38.5 Å². The van der Waals surface area contributed by atoms with Gasteiger partial charge in [-0.3, -0.25) is 9.59 Å². The Kier molecular flexibility index (Phi) is 5.35. The van der Waals surface area contributed by atoms with Crippen LogP contribution < -0.4 is 5.32 Å². The van der Waals surface area contributed by atoms with Crippen LogP contribution in [0.3, 0.4) is 0 Å². The molecule has 1 aliphatic rings. The Morgan fingerprint density at radius 1 is 1.16 bits per heavy atom. The summed E-state index contributed by atoms with van der Waals surface area (Å²) in [4.78, 5) is 36.4. The zero-order valence-electron chi connectivity index (χ0n) is 14.9. The third-order valence-corrected chi connectivity index (χ3v) is 3.95. The van der Waals surface area contributed by atoms with Gasteiger partial charge in [0.05, 0.1) is 5.92 Å². The molecule has 0 saturated carbocycles. The van der Waals surface area contributed by atoms with Gasteiger partial charge in [0.1, 0.15) is 5.60 Å². The molecule has 1 aliphatic heterocycles. The number of carboxylic acids is 1. The summed E-state index contributed by atoms with van der Waals surface area (Å²) in [5.74, 6) is -2.13. The Morgan fingerprint density at radius 3 is 2.24 bits per heavy atom. The van der Waals surface area contributed by atoms with E-state index in [-0.39, 0.29) is 24.9 Å². The molecule has 0 aromatic heterocycles. The minimum atomic E-state index is -0.943. The largest absolute Gasteiger partial charge is 0.481 e. The zero-order chi connectivity index (χ0) is 18.8. The molecule has 2 N–H and O–H groups in total. The van der Waals surface area contributed by atoms with E-state index >= 15 is 0 Å². The number of aliphatic carboxylic acids is 1. The summed E-state index contributed by atoms with van der Waals surface area (Å²) in [6.07, 6.45) is -0.504. The van der Waals surface area contributed by atoms with Crippen LogP contribution in [0, 0.1) is 5.92 Å². The summed E-state index contributed by atoms with van der Waals surface area (Å²) in [5.41, 5.74) is 0.825. The van der Waals surface area contributed by atoms with E-state index < -0.39 is 23.6 Å². The third-order valence-electron chi connectivity index (χ3n) is 3.95. The van der Waals surface area contributed by atoms with Crippen LogP contribution >= 0.6 is 0 Å². The van der Waals surface area contributed by atoms with Crippen molar-refractivity contribution in [1.29, 1.82) is 0 Å². The Labute approximate surface area is 147 Å². The molecule has 0 bridgehead atoms. The van der Waals surface area contributed by atoms with Crippen molar-refractivity contribution in [3.63, 3.8) is 0 Å². The van der Waals surface area contributed by atoms with Crippen LogP contribution in [0.25, 0.3) is 0 Å². The van der Waals surface area contributed by atoms with Gasteiger partial charge in [-0.15, -0.1) is 0 Å². The van der Waals surface area contributed by atoms with Crippen LogP contribution in [0.4, 0.5) is 10.5 Å². The second-order valence-electron chi connectivity index (χ2n) is 7.24. The van der Waals surface area contributed by atoms with E-state index in [1.165, 1.54) is 11.8 Å².